The molecule has 0 saturated carbocycles. The van der Waals surface area contributed by atoms with Crippen LogP contribution in [0.15, 0.2) is 12.2 Å². The van der Waals surface area contributed by atoms with E-state index in [4.69, 9.17) is 14.2 Å². The normalized spacial score (nSPS) is 27.6. The van der Waals surface area contributed by atoms with Crippen molar-refractivity contribution >= 4 is 35.3 Å². The summed E-state index contributed by atoms with van der Waals surface area (Å²) in [6.07, 6.45) is 2.56. The van der Waals surface area contributed by atoms with E-state index in [1.54, 1.807) is 19.3 Å². The number of rotatable bonds is 3. The molecule has 1 rings (SSSR count). The molecule has 0 fully saturated rings. The van der Waals surface area contributed by atoms with Gasteiger partial charge in [0.1, 0.15) is 12.2 Å². The van der Waals surface area contributed by atoms with Gasteiger partial charge in [0.2, 0.25) is 0 Å². The zero-order chi connectivity index (χ0) is 15.0. The summed E-state index contributed by atoms with van der Waals surface area (Å²) in [6, 6.07) is 0. The summed E-state index contributed by atoms with van der Waals surface area (Å²) in [5.74, 6) is 0. The number of methoxy groups -OCH3 is 2. The smallest absolute Gasteiger partial charge is 0.438 e. The summed E-state index contributed by atoms with van der Waals surface area (Å²) in [7, 11) is 2.82. The highest BCUT2D eigenvalue weighted by molar-refractivity contribution is 14.1. The highest BCUT2D eigenvalue weighted by Crippen LogP contribution is 2.20. The van der Waals surface area contributed by atoms with E-state index >= 15 is 0 Å². The summed E-state index contributed by atoms with van der Waals surface area (Å²) >= 11 is 1.45. The Morgan fingerprint density at radius 3 is 2.30 bits per heavy atom. The first-order valence-electron chi connectivity index (χ1n) is 6.04. The second-order valence-electron chi connectivity index (χ2n) is 4.15. The van der Waals surface area contributed by atoms with Crippen molar-refractivity contribution in [2.75, 3.05) is 14.2 Å². The maximum Gasteiger partial charge on any atom is 0.518 e. The third-order valence-corrected chi connectivity index (χ3v) is 3.23. The third-order valence-electron chi connectivity index (χ3n) is 2.87. The van der Waals surface area contributed by atoms with Gasteiger partial charge in [0.05, 0.1) is 13.2 Å². The molecule has 7 nitrogen and oxygen atoms in total. The number of halogens is 1. The molecule has 20 heavy (non-hydrogen) atoms. The van der Waals surface area contributed by atoms with Gasteiger partial charge >= 0.3 is 12.3 Å². The first-order valence-corrected chi connectivity index (χ1v) is 6.92. The predicted octanol–water partition coefficient (Wildman–Crippen LogP) is 2.76. The number of hydrogen-bond acceptors (Lipinski definition) is 7. The van der Waals surface area contributed by atoms with Gasteiger partial charge in [0, 0.05) is 13.5 Å². The maximum absolute atomic E-state index is 11.2. The van der Waals surface area contributed by atoms with Crippen LogP contribution in [-0.4, -0.2) is 44.8 Å². The Kier molecular flexibility index (Phi) is 7.67. The van der Waals surface area contributed by atoms with Gasteiger partial charge in [-0.1, -0.05) is 0 Å². The molecule has 0 radical (unpaired) electrons. The van der Waals surface area contributed by atoms with Crippen molar-refractivity contribution in [2.45, 2.75) is 37.6 Å². The molecule has 0 heterocycles. The SMILES string of the molecule is COC(=O)OC1/C=C/C(OC(=O)OI)CCC(OC)C1. The van der Waals surface area contributed by atoms with Crippen LogP contribution in [0.25, 0.3) is 0 Å². The average molecular weight is 400 g/mol. The second-order valence-corrected chi connectivity index (χ2v) is 4.59. The van der Waals surface area contributed by atoms with Crippen molar-refractivity contribution in [1.82, 2.24) is 0 Å². The molecule has 0 aromatic rings. The molecule has 0 bridgehead atoms. The number of carbonyl (C=O) groups is 2. The molecule has 3 unspecified atom stereocenters. The fourth-order valence-corrected chi connectivity index (χ4v) is 1.97. The Morgan fingerprint density at radius 1 is 1.05 bits per heavy atom. The minimum absolute atomic E-state index is 0.101. The lowest BCUT2D eigenvalue weighted by atomic mass is 9.99. The van der Waals surface area contributed by atoms with E-state index < -0.39 is 24.5 Å². The summed E-state index contributed by atoms with van der Waals surface area (Å²) in [5.41, 5.74) is 0. The van der Waals surface area contributed by atoms with Crippen LogP contribution in [0, 0.1) is 0 Å². The summed E-state index contributed by atoms with van der Waals surface area (Å²) in [6.45, 7) is 0. The molecule has 1 aliphatic rings. The average Bonchev–Trinajstić information content (AvgIpc) is 2.44. The van der Waals surface area contributed by atoms with Gasteiger partial charge in [-0.25, -0.2) is 9.59 Å². The van der Waals surface area contributed by atoms with Gasteiger partial charge in [-0.2, -0.15) is 0 Å². The van der Waals surface area contributed by atoms with Gasteiger partial charge in [0.25, 0.3) is 0 Å². The minimum atomic E-state index is -0.765. The Morgan fingerprint density at radius 2 is 1.70 bits per heavy atom. The zero-order valence-corrected chi connectivity index (χ0v) is 13.4. The molecule has 8 heteroatoms. The van der Waals surface area contributed by atoms with Crippen molar-refractivity contribution in [3.05, 3.63) is 12.2 Å². The van der Waals surface area contributed by atoms with E-state index in [1.807, 2.05) is 0 Å². The lowest BCUT2D eigenvalue weighted by molar-refractivity contribution is 0.00711. The van der Waals surface area contributed by atoms with E-state index in [2.05, 4.69) is 7.80 Å². The highest BCUT2D eigenvalue weighted by atomic mass is 127. The van der Waals surface area contributed by atoms with Crippen LogP contribution in [0.5, 0.6) is 0 Å². The fourth-order valence-electron chi connectivity index (χ4n) is 1.86. The van der Waals surface area contributed by atoms with Crippen molar-refractivity contribution < 1.29 is 31.6 Å². The largest absolute Gasteiger partial charge is 0.518 e. The molecule has 0 N–H and O–H groups in total. The van der Waals surface area contributed by atoms with Gasteiger partial charge in [-0.3, -0.25) is 0 Å². The Labute approximate surface area is 131 Å². The maximum atomic E-state index is 11.2. The lowest BCUT2D eigenvalue weighted by Crippen LogP contribution is -2.28. The minimum Gasteiger partial charge on any atom is -0.438 e. The molecule has 0 aromatic carbocycles. The van der Waals surface area contributed by atoms with Gasteiger partial charge in [0.15, 0.2) is 23.0 Å². The Balaban J connectivity index is 2.69. The van der Waals surface area contributed by atoms with Gasteiger partial charge in [-0.15, -0.1) is 0 Å². The molecule has 0 aliphatic heterocycles. The number of ether oxygens (including phenoxy) is 4. The summed E-state index contributed by atoms with van der Waals surface area (Å²) < 4.78 is 24.4. The van der Waals surface area contributed by atoms with Crippen molar-refractivity contribution in [3.63, 3.8) is 0 Å². The van der Waals surface area contributed by atoms with Gasteiger partial charge in [-0.05, 0) is 25.0 Å². The number of hydrogen-bond donors (Lipinski definition) is 0. The van der Waals surface area contributed by atoms with E-state index in [-0.39, 0.29) is 6.10 Å². The van der Waals surface area contributed by atoms with Crippen molar-refractivity contribution in [1.29, 1.82) is 0 Å². The van der Waals surface area contributed by atoms with Crippen molar-refractivity contribution in [3.8, 4) is 0 Å². The second kappa shape index (κ2) is 9.01. The van der Waals surface area contributed by atoms with Crippen LogP contribution in [0.1, 0.15) is 19.3 Å². The highest BCUT2D eigenvalue weighted by Gasteiger charge is 2.24. The molecule has 0 aromatic heterocycles. The van der Waals surface area contributed by atoms with E-state index in [9.17, 15) is 9.59 Å². The third kappa shape index (κ3) is 5.95. The first kappa shape index (κ1) is 17.0. The fraction of sp³-hybridized carbons (Fsp3) is 0.667. The molecule has 3 atom stereocenters. The molecule has 0 spiro atoms. The van der Waals surface area contributed by atoms with Crippen LogP contribution in [0.4, 0.5) is 9.59 Å². The van der Waals surface area contributed by atoms with Crippen LogP contribution in [0.3, 0.4) is 0 Å². The monoisotopic (exact) mass is 400 g/mol. The quantitative estimate of drug-likeness (QED) is 0.410. The van der Waals surface area contributed by atoms with Crippen molar-refractivity contribution in [2.24, 2.45) is 0 Å². The summed E-state index contributed by atoms with van der Waals surface area (Å²) in [4.78, 5) is 22.3. The van der Waals surface area contributed by atoms with E-state index in [1.165, 1.54) is 30.1 Å². The summed E-state index contributed by atoms with van der Waals surface area (Å²) in [5, 5.41) is 0. The van der Waals surface area contributed by atoms with Crippen LogP contribution in [0.2, 0.25) is 0 Å². The van der Waals surface area contributed by atoms with Crippen LogP contribution < -0.4 is 0 Å². The predicted molar refractivity (Wildman–Crippen MR) is 76.4 cm³/mol. The molecule has 1 aliphatic carbocycles. The van der Waals surface area contributed by atoms with E-state index in [0.29, 0.717) is 19.3 Å². The van der Waals surface area contributed by atoms with Crippen LogP contribution in [-0.2, 0) is 22.0 Å². The lowest BCUT2D eigenvalue weighted by Gasteiger charge is -2.24. The Hall–Kier alpha value is -1.03. The zero-order valence-electron chi connectivity index (χ0n) is 11.2. The topological polar surface area (TPSA) is 80.3 Å². The first-order chi connectivity index (χ1) is 9.58. The molecule has 114 valence electrons. The van der Waals surface area contributed by atoms with Gasteiger partial charge < -0.3 is 22.0 Å². The standard InChI is InChI=1S/C12H17IO7/c1-16-9-5-3-8(18-12(15)20-13)4-6-10(7-9)19-11(14)17-2/h4,6,8-10H,3,5,7H2,1-2H3/b6-4+. The van der Waals surface area contributed by atoms with E-state index in [0.717, 1.165) is 0 Å². The number of carbonyl (C=O) groups excluding carboxylic acids is 2. The molecular formula is C12H17IO7. The Bertz CT molecular complexity index is 358. The molecule has 0 amide bonds. The molecular weight excluding hydrogens is 383 g/mol. The molecule has 0 saturated heterocycles. The van der Waals surface area contributed by atoms with Crippen LogP contribution >= 0.6 is 23.0 Å².